The van der Waals surface area contributed by atoms with Crippen LogP contribution in [0.2, 0.25) is 0 Å². The number of hydrogen-bond acceptors (Lipinski definition) is 2. The first-order chi connectivity index (χ1) is 21.8. The molecule has 206 valence electrons. The van der Waals surface area contributed by atoms with Crippen molar-refractivity contribution in [2.75, 3.05) is 4.90 Å². The Kier molecular flexibility index (Phi) is 5.54. The molecule has 9 aromatic rings. The number of anilines is 3. The van der Waals surface area contributed by atoms with Gasteiger partial charge in [0.05, 0.1) is 5.69 Å². The monoisotopic (exact) mass is 561 g/mol. The van der Waals surface area contributed by atoms with E-state index in [2.05, 4.69) is 157 Å². The molecule has 2 nitrogen and oxygen atoms in total. The fourth-order valence-corrected chi connectivity index (χ4v) is 6.76. The lowest BCUT2D eigenvalue weighted by molar-refractivity contribution is 0.669. The van der Waals surface area contributed by atoms with Crippen LogP contribution in [0.15, 0.2) is 168 Å². The van der Waals surface area contributed by atoms with E-state index in [9.17, 15) is 0 Å². The zero-order valence-corrected chi connectivity index (χ0v) is 23.9. The van der Waals surface area contributed by atoms with E-state index in [0.29, 0.717) is 0 Å². The summed E-state index contributed by atoms with van der Waals surface area (Å²) in [5.74, 6) is 0. The molecule has 0 aliphatic carbocycles. The molecule has 1 heterocycles. The first-order valence-corrected chi connectivity index (χ1v) is 15.0. The maximum absolute atomic E-state index is 6.21. The number of fused-ring (bicyclic) bond motifs is 8. The van der Waals surface area contributed by atoms with E-state index in [1.165, 1.54) is 43.4 Å². The second-order valence-corrected chi connectivity index (χ2v) is 11.4. The lowest BCUT2D eigenvalue weighted by Crippen LogP contribution is -2.11. The van der Waals surface area contributed by atoms with E-state index in [-0.39, 0.29) is 0 Å². The number of para-hydroxylation sites is 2. The Bertz CT molecular complexity index is 2510. The van der Waals surface area contributed by atoms with Gasteiger partial charge in [0, 0.05) is 27.7 Å². The molecule has 0 fully saturated rings. The first kappa shape index (κ1) is 24.7. The summed E-state index contributed by atoms with van der Waals surface area (Å²) >= 11 is 0. The van der Waals surface area contributed by atoms with Crippen molar-refractivity contribution in [1.82, 2.24) is 0 Å². The molecule has 1 aromatic heterocycles. The molecule has 0 unspecified atom stereocenters. The molecule has 0 aliphatic rings. The third kappa shape index (κ3) is 3.89. The van der Waals surface area contributed by atoms with Crippen molar-refractivity contribution in [1.29, 1.82) is 0 Å². The predicted molar refractivity (Wildman–Crippen MR) is 186 cm³/mol. The summed E-state index contributed by atoms with van der Waals surface area (Å²) < 4.78 is 6.21. The van der Waals surface area contributed by atoms with Crippen molar-refractivity contribution in [3.8, 4) is 11.1 Å². The summed E-state index contributed by atoms with van der Waals surface area (Å²) in [5, 5.41) is 9.77. The SMILES string of the molecule is c1ccc(-c2ccccc2N(c2ccc3ccc4c5ccccc5ccc4c3c2)c2ccc3oc4ccccc4c3c2)cc1. The van der Waals surface area contributed by atoms with Crippen molar-refractivity contribution in [3.05, 3.63) is 164 Å². The van der Waals surface area contributed by atoms with Gasteiger partial charge in [0.15, 0.2) is 0 Å². The third-order valence-corrected chi connectivity index (χ3v) is 8.83. The van der Waals surface area contributed by atoms with Gasteiger partial charge >= 0.3 is 0 Å². The zero-order chi connectivity index (χ0) is 29.0. The largest absolute Gasteiger partial charge is 0.456 e. The smallest absolute Gasteiger partial charge is 0.135 e. The second kappa shape index (κ2) is 9.86. The normalized spacial score (nSPS) is 11.6. The lowest BCUT2D eigenvalue weighted by Gasteiger charge is -2.28. The van der Waals surface area contributed by atoms with Gasteiger partial charge in [-0.15, -0.1) is 0 Å². The topological polar surface area (TPSA) is 16.4 Å². The second-order valence-electron chi connectivity index (χ2n) is 11.4. The Morgan fingerprint density at radius 3 is 1.82 bits per heavy atom. The van der Waals surface area contributed by atoms with E-state index in [1.54, 1.807) is 0 Å². The summed E-state index contributed by atoms with van der Waals surface area (Å²) in [4.78, 5) is 2.39. The minimum Gasteiger partial charge on any atom is -0.456 e. The third-order valence-electron chi connectivity index (χ3n) is 8.83. The Hall–Kier alpha value is -5.86. The molecule has 0 saturated heterocycles. The van der Waals surface area contributed by atoms with Gasteiger partial charge < -0.3 is 9.32 Å². The van der Waals surface area contributed by atoms with Crippen LogP contribution in [0.3, 0.4) is 0 Å². The van der Waals surface area contributed by atoms with Crippen LogP contribution < -0.4 is 4.90 Å². The van der Waals surface area contributed by atoms with E-state index in [4.69, 9.17) is 4.42 Å². The van der Waals surface area contributed by atoms with E-state index < -0.39 is 0 Å². The quantitative estimate of drug-likeness (QED) is 0.199. The van der Waals surface area contributed by atoms with Gasteiger partial charge in [0.1, 0.15) is 11.2 Å². The van der Waals surface area contributed by atoms with Crippen molar-refractivity contribution < 1.29 is 4.42 Å². The molecular weight excluding hydrogens is 534 g/mol. The van der Waals surface area contributed by atoms with E-state index in [0.717, 1.165) is 39.0 Å². The van der Waals surface area contributed by atoms with Gasteiger partial charge in [0.25, 0.3) is 0 Å². The molecule has 0 amide bonds. The van der Waals surface area contributed by atoms with Crippen LogP contribution in [-0.4, -0.2) is 0 Å². The molecule has 0 spiro atoms. The molecule has 0 bridgehead atoms. The number of benzene rings is 8. The minimum absolute atomic E-state index is 0.891. The van der Waals surface area contributed by atoms with Crippen molar-refractivity contribution >= 4 is 71.3 Å². The molecule has 44 heavy (non-hydrogen) atoms. The van der Waals surface area contributed by atoms with Crippen LogP contribution >= 0.6 is 0 Å². The molecule has 8 aromatic carbocycles. The Morgan fingerprint density at radius 2 is 0.955 bits per heavy atom. The summed E-state index contributed by atoms with van der Waals surface area (Å²) in [6.07, 6.45) is 0. The van der Waals surface area contributed by atoms with Crippen LogP contribution in [0.4, 0.5) is 17.1 Å². The Morgan fingerprint density at radius 1 is 0.364 bits per heavy atom. The number of furan rings is 1. The summed E-state index contributed by atoms with van der Waals surface area (Å²) in [6, 6.07) is 58.7. The highest BCUT2D eigenvalue weighted by Crippen LogP contribution is 2.44. The molecule has 0 radical (unpaired) electrons. The Labute approximate surface area is 255 Å². The van der Waals surface area contributed by atoms with Crippen molar-refractivity contribution in [2.24, 2.45) is 0 Å². The fraction of sp³-hybridized carbons (Fsp3) is 0. The number of rotatable bonds is 4. The highest BCUT2D eigenvalue weighted by molar-refractivity contribution is 6.18. The summed E-state index contributed by atoms with van der Waals surface area (Å²) in [5.41, 5.74) is 7.46. The maximum atomic E-state index is 6.21. The van der Waals surface area contributed by atoms with Gasteiger partial charge in [-0.05, 0) is 80.3 Å². The fourth-order valence-electron chi connectivity index (χ4n) is 6.76. The summed E-state index contributed by atoms with van der Waals surface area (Å²) in [6.45, 7) is 0. The van der Waals surface area contributed by atoms with Crippen molar-refractivity contribution in [2.45, 2.75) is 0 Å². The summed E-state index contributed by atoms with van der Waals surface area (Å²) in [7, 11) is 0. The molecule has 0 N–H and O–H groups in total. The number of nitrogens with zero attached hydrogens (tertiary/aromatic N) is 1. The van der Waals surface area contributed by atoms with Crippen LogP contribution in [0, 0.1) is 0 Å². The molecule has 0 atom stereocenters. The standard InChI is InChI=1S/C42H27NO/c1-2-10-28(11-3-1)34-14-6-8-16-40(34)43(32-22-25-42-39(27-32)37-15-7-9-17-41(37)44-42)31-21-18-30-20-23-35-33-13-5-4-12-29(33)19-24-36(35)38(30)26-31/h1-27H. The maximum Gasteiger partial charge on any atom is 0.135 e. The minimum atomic E-state index is 0.891. The average molecular weight is 562 g/mol. The van der Waals surface area contributed by atoms with Crippen LogP contribution in [0.5, 0.6) is 0 Å². The molecule has 0 saturated carbocycles. The highest BCUT2D eigenvalue weighted by atomic mass is 16.3. The van der Waals surface area contributed by atoms with Crippen LogP contribution in [0.1, 0.15) is 0 Å². The number of hydrogen-bond donors (Lipinski definition) is 0. The average Bonchev–Trinajstić information content (AvgIpc) is 3.47. The molecular formula is C42H27NO. The van der Waals surface area contributed by atoms with E-state index >= 15 is 0 Å². The van der Waals surface area contributed by atoms with Gasteiger partial charge in [0.2, 0.25) is 0 Å². The van der Waals surface area contributed by atoms with Gasteiger partial charge in [-0.25, -0.2) is 0 Å². The molecule has 2 heteroatoms. The van der Waals surface area contributed by atoms with E-state index in [1.807, 2.05) is 12.1 Å². The Balaban J connectivity index is 1.33. The highest BCUT2D eigenvalue weighted by Gasteiger charge is 2.19. The van der Waals surface area contributed by atoms with Crippen molar-refractivity contribution in [3.63, 3.8) is 0 Å². The molecule has 0 aliphatic heterocycles. The van der Waals surface area contributed by atoms with Gasteiger partial charge in [-0.3, -0.25) is 0 Å². The van der Waals surface area contributed by atoms with Crippen LogP contribution in [0.25, 0.3) is 65.4 Å². The molecule has 9 rings (SSSR count). The van der Waals surface area contributed by atoms with Crippen LogP contribution in [-0.2, 0) is 0 Å². The zero-order valence-electron chi connectivity index (χ0n) is 23.9. The predicted octanol–water partition coefficient (Wildman–Crippen LogP) is 12.2. The van der Waals surface area contributed by atoms with Gasteiger partial charge in [-0.2, -0.15) is 0 Å². The lowest BCUT2D eigenvalue weighted by atomic mass is 9.96. The van der Waals surface area contributed by atoms with Gasteiger partial charge in [-0.1, -0.05) is 121 Å². The first-order valence-electron chi connectivity index (χ1n) is 15.0.